The van der Waals surface area contributed by atoms with Crippen molar-refractivity contribution in [2.75, 3.05) is 34.0 Å². The first-order chi connectivity index (χ1) is 23.8. The first-order valence-corrected chi connectivity index (χ1v) is 17.2. The van der Waals surface area contributed by atoms with Gasteiger partial charge in [-0.25, -0.2) is 4.79 Å². The number of nitrogens with one attached hydrogen (secondary N) is 1. The van der Waals surface area contributed by atoms with Gasteiger partial charge in [0.05, 0.1) is 20.8 Å². The van der Waals surface area contributed by atoms with Gasteiger partial charge in [0.2, 0.25) is 0 Å². The Morgan fingerprint density at radius 2 is 1.51 bits per heavy atom. The van der Waals surface area contributed by atoms with Crippen LogP contribution in [0.2, 0.25) is 0 Å². The number of hydrogen-bond donors (Lipinski definition) is 2. The number of benzene rings is 3. The second kappa shape index (κ2) is 17.0. The third kappa shape index (κ3) is 8.53. The van der Waals surface area contributed by atoms with E-state index in [1.54, 1.807) is 21.1 Å². The minimum atomic E-state index is -2.55. The summed E-state index contributed by atoms with van der Waals surface area (Å²) in [5.74, 6) is 1.36. The standard InChI is InChI=1S/C36H41N2O10P/c1-25-23-38(35(41)37-34(25)40)33-22-31(48-49(42)46-21-9-5-8-20-39)32(47-33)24-45-36(26-10-6-4-7-11-26,27-12-16-29(43-2)17-13-27)28-14-18-30(44-3)19-15-28/h4,6-7,10-19,23,31-33,39H,5,8-9,20-22,24H2,1-3H3/p+1/t31-,32+,33+/m0/s1. The van der Waals surface area contributed by atoms with Gasteiger partial charge in [0.25, 0.3) is 5.56 Å². The summed E-state index contributed by atoms with van der Waals surface area (Å²) >= 11 is 0. The molecule has 0 amide bonds. The molecule has 0 spiro atoms. The number of aromatic amines is 1. The van der Waals surface area contributed by atoms with Crippen LogP contribution in [-0.2, 0) is 28.7 Å². The van der Waals surface area contributed by atoms with Crippen LogP contribution in [0.5, 0.6) is 11.5 Å². The SMILES string of the molecule is COc1ccc(C(OC[C@H]2O[C@@H](n3cc(C)c(=O)[nH]c3=O)C[C@@H]2O[P+](=O)OCCCCCO)(c2ccccc2)c2ccc(OC)cc2)cc1. The Morgan fingerprint density at radius 3 is 2.10 bits per heavy atom. The summed E-state index contributed by atoms with van der Waals surface area (Å²) in [6, 6.07) is 24.9. The van der Waals surface area contributed by atoms with Crippen LogP contribution in [0.15, 0.2) is 94.6 Å². The average molecular weight is 694 g/mol. The van der Waals surface area contributed by atoms with Crippen LogP contribution in [0.4, 0.5) is 0 Å². The number of aryl methyl sites for hydroxylation is 1. The van der Waals surface area contributed by atoms with Gasteiger partial charge in [-0.3, -0.25) is 14.3 Å². The zero-order chi connectivity index (χ0) is 34.8. The number of unbranched alkanes of at least 4 members (excludes halogenated alkanes) is 2. The number of hydrogen-bond acceptors (Lipinski definition) is 10. The number of aromatic nitrogens is 2. The van der Waals surface area contributed by atoms with Gasteiger partial charge in [0.15, 0.2) is 0 Å². The molecule has 2 heterocycles. The maximum Gasteiger partial charge on any atom is 0.697 e. The highest BCUT2D eigenvalue weighted by Gasteiger charge is 2.46. The van der Waals surface area contributed by atoms with Crippen molar-refractivity contribution in [3.05, 3.63) is 128 Å². The molecule has 1 aromatic heterocycles. The minimum Gasteiger partial charge on any atom is -0.497 e. The van der Waals surface area contributed by atoms with E-state index in [9.17, 15) is 14.2 Å². The van der Waals surface area contributed by atoms with E-state index in [4.69, 9.17) is 33.1 Å². The molecule has 1 unspecified atom stereocenters. The first kappa shape index (κ1) is 36.1. The zero-order valence-electron chi connectivity index (χ0n) is 27.8. The Labute approximate surface area is 285 Å². The van der Waals surface area contributed by atoms with Crippen molar-refractivity contribution in [2.45, 2.75) is 56.6 Å². The molecule has 1 fully saturated rings. The highest BCUT2D eigenvalue weighted by Crippen LogP contribution is 2.44. The normalized spacial score (nSPS) is 18.0. The molecular weight excluding hydrogens is 651 g/mol. The van der Waals surface area contributed by atoms with E-state index in [0.717, 1.165) is 23.1 Å². The van der Waals surface area contributed by atoms with Crippen LogP contribution in [0.25, 0.3) is 0 Å². The van der Waals surface area contributed by atoms with Gasteiger partial charge in [0, 0.05) is 29.4 Å². The highest BCUT2D eigenvalue weighted by molar-refractivity contribution is 7.33. The van der Waals surface area contributed by atoms with E-state index in [1.807, 2.05) is 78.9 Å². The molecule has 49 heavy (non-hydrogen) atoms. The van der Waals surface area contributed by atoms with E-state index in [-0.39, 0.29) is 26.2 Å². The van der Waals surface area contributed by atoms with Crippen molar-refractivity contribution in [1.29, 1.82) is 0 Å². The Morgan fingerprint density at radius 1 is 0.898 bits per heavy atom. The Hall–Kier alpha value is -4.16. The summed E-state index contributed by atoms with van der Waals surface area (Å²) in [7, 11) is 0.658. The van der Waals surface area contributed by atoms with Crippen molar-refractivity contribution in [2.24, 2.45) is 0 Å². The highest BCUT2D eigenvalue weighted by atomic mass is 31.1. The summed E-state index contributed by atoms with van der Waals surface area (Å²) < 4.78 is 50.0. The van der Waals surface area contributed by atoms with Gasteiger partial charge < -0.3 is 24.1 Å². The molecule has 2 N–H and O–H groups in total. The summed E-state index contributed by atoms with van der Waals surface area (Å²) in [4.78, 5) is 27.3. The molecule has 0 aliphatic carbocycles. The maximum atomic E-state index is 13.0. The van der Waals surface area contributed by atoms with Crippen molar-refractivity contribution in [1.82, 2.24) is 9.55 Å². The van der Waals surface area contributed by atoms with Crippen LogP contribution < -0.4 is 20.7 Å². The predicted octanol–water partition coefficient (Wildman–Crippen LogP) is 5.38. The van der Waals surface area contributed by atoms with Crippen LogP contribution in [0, 0.1) is 6.92 Å². The number of aliphatic hydroxyl groups is 1. The number of aliphatic hydroxyl groups excluding tert-OH is 1. The summed E-state index contributed by atoms with van der Waals surface area (Å²) in [6.45, 7) is 1.81. The fourth-order valence-electron chi connectivity index (χ4n) is 5.88. The molecule has 13 heteroatoms. The molecule has 0 radical (unpaired) electrons. The Bertz CT molecular complexity index is 1730. The fraction of sp³-hybridized carbons (Fsp3) is 0.389. The third-order valence-electron chi connectivity index (χ3n) is 8.49. The van der Waals surface area contributed by atoms with E-state index < -0.39 is 43.5 Å². The molecule has 1 saturated heterocycles. The molecule has 4 aromatic rings. The second-order valence-corrected chi connectivity index (χ2v) is 12.6. The summed E-state index contributed by atoms with van der Waals surface area (Å²) in [5, 5.41) is 9.03. The Kier molecular flexibility index (Phi) is 12.5. The van der Waals surface area contributed by atoms with Gasteiger partial charge in [-0.05, 0) is 67.1 Å². The topological polar surface area (TPSA) is 148 Å². The van der Waals surface area contributed by atoms with E-state index in [2.05, 4.69) is 4.98 Å². The van der Waals surface area contributed by atoms with Gasteiger partial charge in [-0.15, -0.1) is 9.05 Å². The minimum absolute atomic E-state index is 0.0507. The number of rotatable bonds is 17. The van der Waals surface area contributed by atoms with Crippen molar-refractivity contribution >= 4 is 8.25 Å². The van der Waals surface area contributed by atoms with Crippen molar-refractivity contribution in [3.8, 4) is 11.5 Å². The maximum absolute atomic E-state index is 13.0. The molecule has 1 aliphatic rings. The molecular formula is C36H42N2O10P+. The first-order valence-electron chi connectivity index (χ1n) is 16.1. The Balaban J connectivity index is 1.51. The molecule has 260 valence electrons. The lowest BCUT2D eigenvalue weighted by Crippen LogP contribution is -2.38. The number of H-pyrrole nitrogens is 1. The third-order valence-corrected chi connectivity index (χ3v) is 9.33. The number of nitrogens with zero attached hydrogens (tertiary/aromatic N) is 1. The van der Waals surface area contributed by atoms with E-state index in [0.29, 0.717) is 29.9 Å². The lowest BCUT2D eigenvalue weighted by Gasteiger charge is -2.37. The van der Waals surface area contributed by atoms with Gasteiger partial charge >= 0.3 is 13.9 Å². The number of ether oxygens (including phenoxy) is 4. The van der Waals surface area contributed by atoms with E-state index >= 15 is 0 Å². The molecule has 0 saturated carbocycles. The van der Waals surface area contributed by atoms with Gasteiger partial charge in [0.1, 0.15) is 42.1 Å². The molecule has 4 atom stereocenters. The quantitative estimate of drug-likeness (QED) is 0.0840. The molecule has 5 rings (SSSR count). The lowest BCUT2D eigenvalue weighted by atomic mass is 9.80. The fourth-order valence-corrected chi connectivity index (χ4v) is 6.67. The molecule has 1 aliphatic heterocycles. The number of methoxy groups -OCH3 is 2. The van der Waals surface area contributed by atoms with Crippen LogP contribution in [0.1, 0.15) is 54.2 Å². The van der Waals surface area contributed by atoms with Crippen LogP contribution in [-0.4, -0.2) is 60.9 Å². The van der Waals surface area contributed by atoms with Crippen LogP contribution in [0.3, 0.4) is 0 Å². The van der Waals surface area contributed by atoms with Gasteiger partial charge in [-0.1, -0.05) is 54.6 Å². The predicted molar refractivity (Wildman–Crippen MR) is 182 cm³/mol. The monoisotopic (exact) mass is 693 g/mol. The molecule has 0 bridgehead atoms. The second-order valence-electron chi connectivity index (χ2n) is 11.6. The molecule has 12 nitrogen and oxygen atoms in total. The lowest BCUT2D eigenvalue weighted by molar-refractivity contribution is -0.0920. The zero-order valence-corrected chi connectivity index (χ0v) is 28.7. The van der Waals surface area contributed by atoms with Crippen LogP contribution >= 0.6 is 8.25 Å². The summed E-state index contributed by atoms with van der Waals surface area (Å²) in [5.41, 5.74) is 0.490. The van der Waals surface area contributed by atoms with Crippen molar-refractivity contribution in [3.63, 3.8) is 0 Å². The largest absolute Gasteiger partial charge is 0.697 e. The van der Waals surface area contributed by atoms with Gasteiger partial charge in [-0.2, -0.15) is 0 Å². The van der Waals surface area contributed by atoms with E-state index in [1.165, 1.54) is 10.8 Å². The molecule has 3 aromatic carbocycles. The average Bonchev–Trinajstić information content (AvgIpc) is 3.52. The van der Waals surface area contributed by atoms with Crippen molar-refractivity contribution < 1.29 is 37.7 Å². The summed E-state index contributed by atoms with van der Waals surface area (Å²) in [6.07, 6.45) is 1.07. The smallest absolute Gasteiger partial charge is 0.497 e.